The van der Waals surface area contributed by atoms with E-state index < -0.39 is 26.7 Å². The summed E-state index contributed by atoms with van der Waals surface area (Å²) >= 11 is 6.30. The molecule has 8 nitrogen and oxygen atoms in total. The maximum Gasteiger partial charge on any atom is 0.300 e. The molecule has 0 radical (unpaired) electrons. The number of aliphatic hydroxyl groups is 1. The van der Waals surface area contributed by atoms with Gasteiger partial charge >= 0.3 is 0 Å². The van der Waals surface area contributed by atoms with Crippen molar-refractivity contribution in [3.63, 3.8) is 0 Å². The molecule has 1 N–H and O–H groups in total. The SMILES string of the molecule is O=[N+]([O-])c1cc(S(=O)(=O)N2CCOCC2CO)sc1Cl. The Labute approximate surface area is 123 Å². The van der Waals surface area contributed by atoms with Gasteiger partial charge in [-0.1, -0.05) is 11.6 Å². The molecule has 0 saturated carbocycles. The van der Waals surface area contributed by atoms with Crippen molar-refractivity contribution in [2.75, 3.05) is 26.4 Å². The van der Waals surface area contributed by atoms with E-state index in [1.54, 1.807) is 0 Å². The predicted octanol–water partition coefficient (Wildman–Crippen LogP) is 0.691. The number of hydrogen-bond acceptors (Lipinski definition) is 7. The first-order valence-electron chi connectivity index (χ1n) is 5.52. The summed E-state index contributed by atoms with van der Waals surface area (Å²) in [5.41, 5.74) is -0.441. The highest BCUT2D eigenvalue weighted by Gasteiger charge is 2.36. The Kier molecular flexibility index (Phi) is 4.62. The third-order valence-electron chi connectivity index (χ3n) is 2.79. The number of nitrogens with zero attached hydrogens (tertiary/aromatic N) is 2. The number of ether oxygens (including phenoxy) is 1. The lowest BCUT2D eigenvalue weighted by Gasteiger charge is -2.32. The lowest BCUT2D eigenvalue weighted by atomic mass is 10.3. The predicted molar refractivity (Wildman–Crippen MR) is 71.6 cm³/mol. The second kappa shape index (κ2) is 5.92. The molecule has 2 heterocycles. The maximum atomic E-state index is 12.4. The molecule has 0 amide bonds. The van der Waals surface area contributed by atoms with Crippen LogP contribution >= 0.6 is 22.9 Å². The summed E-state index contributed by atoms with van der Waals surface area (Å²) in [4.78, 5) is 9.98. The molecule has 1 unspecified atom stereocenters. The molecule has 1 aliphatic heterocycles. The van der Waals surface area contributed by atoms with Gasteiger partial charge in [0.05, 0.1) is 30.8 Å². The van der Waals surface area contributed by atoms with Gasteiger partial charge in [-0.05, 0) is 0 Å². The molecule has 1 aliphatic rings. The fourth-order valence-electron chi connectivity index (χ4n) is 1.81. The van der Waals surface area contributed by atoms with E-state index in [0.29, 0.717) is 11.3 Å². The van der Waals surface area contributed by atoms with Gasteiger partial charge in [0.2, 0.25) is 0 Å². The molecule has 112 valence electrons. The molecule has 20 heavy (non-hydrogen) atoms. The third kappa shape index (κ3) is 2.80. The minimum atomic E-state index is -3.94. The summed E-state index contributed by atoms with van der Waals surface area (Å²) in [6.07, 6.45) is 0. The van der Waals surface area contributed by atoms with Gasteiger partial charge in [-0.3, -0.25) is 10.1 Å². The largest absolute Gasteiger partial charge is 0.395 e. The monoisotopic (exact) mass is 342 g/mol. The van der Waals surface area contributed by atoms with Gasteiger partial charge in [-0.15, -0.1) is 11.3 Å². The molecule has 11 heteroatoms. The second-order valence-corrected chi connectivity index (χ2v) is 7.78. The minimum Gasteiger partial charge on any atom is -0.395 e. The molecule has 1 aromatic rings. The van der Waals surface area contributed by atoms with Crippen LogP contribution in [0, 0.1) is 10.1 Å². The first kappa shape index (κ1) is 15.6. The van der Waals surface area contributed by atoms with Gasteiger partial charge in [0.1, 0.15) is 4.21 Å². The maximum absolute atomic E-state index is 12.4. The normalized spacial score (nSPS) is 21.0. The summed E-state index contributed by atoms with van der Waals surface area (Å²) in [6.45, 7) is -0.0227. The Morgan fingerprint density at radius 2 is 2.35 bits per heavy atom. The zero-order valence-electron chi connectivity index (χ0n) is 10.1. The summed E-state index contributed by atoms with van der Waals surface area (Å²) in [7, 11) is -3.94. The van der Waals surface area contributed by atoms with Crippen LogP contribution in [-0.4, -0.2) is 55.2 Å². The highest BCUT2D eigenvalue weighted by molar-refractivity contribution is 7.91. The first-order chi connectivity index (χ1) is 9.37. The highest BCUT2D eigenvalue weighted by atomic mass is 35.5. The lowest BCUT2D eigenvalue weighted by molar-refractivity contribution is -0.384. The van der Waals surface area contributed by atoms with Gasteiger partial charge in [-0.25, -0.2) is 8.42 Å². The van der Waals surface area contributed by atoms with Crippen LogP contribution in [0.2, 0.25) is 4.34 Å². The topological polar surface area (TPSA) is 110 Å². The molecular weight excluding hydrogens is 332 g/mol. The number of thiophene rings is 1. The van der Waals surface area contributed by atoms with E-state index in [-0.39, 0.29) is 34.9 Å². The number of aliphatic hydroxyl groups excluding tert-OH is 1. The fourth-order valence-corrected chi connectivity index (χ4v) is 5.19. The van der Waals surface area contributed by atoms with Gasteiger partial charge in [0.15, 0.2) is 4.34 Å². The van der Waals surface area contributed by atoms with Gasteiger partial charge in [0.25, 0.3) is 15.7 Å². The Morgan fingerprint density at radius 3 is 2.90 bits per heavy atom. The zero-order chi connectivity index (χ0) is 14.9. The quantitative estimate of drug-likeness (QED) is 0.636. The molecular formula is C9H11ClN2O6S2. The first-order valence-corrected chi connectivity index (χ1v) is 8.15. The van der Waals surface area contributed by atoms with E-state index in [1.807, 2.05) is 0 Å². The van der Waals surface area contributed by atoms with Crippen LogP contribution in [-0.2, 0) is 14.8 Å². The number of rotatable bonds is 4. The standard InChI is InChI=1S/C9H11ClN2O6S2/c10-9-7(12(14)15)3-8(19-9)20(16,17)11-1-2-18-5-6(11)4-13/h3,6,13H,1-2,4-5H2. The molecule has 2 rings (SSSR count). The van der Waals surface area contributed by atoms with Crippen molar-refractivity contribution in [1.29, 1.82) is 0 Å². The van der Waals surface area contributed by atoms with Crippen molar-refractivity contribution in [1.82, 2.24) is 4.31 Å². The van der Waals surface area contributed by atoms with E-state index in [1.165, 1.54) is 0 Å². The van der Waals surface area contributed by atoms with Gasteiger partial charge in [0, 0.05) is 12.6 Å². The fraction of sp³-hybridized carbons (Fsp3) is 0.556. The second-order valence-electron chi connectivity index (χ2n) is 4.01. The number of hydrogen-bond donors (Lipinski definition) is 1. The number of sulfonamides is 1. The number of nitro groups is 1. The summed E-state index contributed by atoms with van der Waals surface area (Å²) in [6, 6.07) is 0.236. The van der Waals surface area contributed by atoms with Crippen LogP contribution in [0.4, 0.5) is 5.69 Å². The Morgan fingerprint density at radius 1 is 1.65 bits per heavy atom. The molecule has 0 spiro atoms. The highest BCUT2D eigenvalue weighted by Crippen LogP contribution is 2.38. The van der Waals surface area contributed by atoms with Crippen molar-refractivity contribution in [2.45, 2.75) is 10.3 Å². The van der Waals surface area contributed by atoms with E-state index in [2.05, 4.69) is 0 Å². The lowest BCUT2D eigenvalue weighted by Crippen LogP contribution is -2.50. The van der Waals surface area contributed by atoms with Crippen molar-refractivity contribution in [3.05, 3.63) is 20.5 Å². The van der Waals surface area contributed by atoms with Crippen molar-refractivity contribution < 1.29 is 23.2 Å². The Hall–Kier alpha value is -0.780. The zero-order valence-corrected chi connectivity index (χ0v) is 12.4. The van der Waals surface area contributed by atoms with E-state index in [9.17, 15) is 23.6 Å². The Balaban J connectivity index is 2.39. The van der Waals surface area contributed by atoms with Crippen molar-refractivity contribution in [3.8, 4) is 0 Å². The molecule has 1 aromatic heterocycles. The molecule has 1 fully saturated rings. The molecule has 1 atom stereocenters. The molecule has 0 aromatic carbocycles. The van der Waals surface area contributed by atoms with E-state index >= 15 is 0 Å². The van der Waals surface area contributed by atoms with Crippen molar-refractivity contribution >= 4 is 38.6 Å². The van der Waals surface area contributed by atoms with Crippen LogP contribution in [0.1, 0.15) is 0 Å². The number of morpholine rings is 1. The minimum absolute atomic E-state index is 0.0802. The van der Waals surface area contributed by atoms with Crippen LogP contribution in [0.25, 0.3) is 0 Å². The van der Waals surface area contributed by atoms with Crippen LogP contribution in [0.15, 0.2) is 10.3 Å². The van der Waals surface area contributed by atoms with Crippen LogP contribution in [0.3, 0.4) is 0 Å². The average molecular weight is 343 g/mol. The summed E-state index contributed by atoms with van der Waals surface area (Å²) in [5.74, 6) is 0. The third-order valence-corrected chi connectivity index (χ3v) is 6.53. The molecule has 1 saturated heterocycles. The number of halogens is 1. The van der Waals surface area contributed by atoms with Gasteiger partial charge < -0.3 is 9.84 Å². The molecule has 0 bridgehead atoms. The molecule has 0 aliphatic carbocycles. The average Bonchev–Trinajstić information content (AvgIpc) is 2.81. The van der Waals surface area contributed by atoms with Crippen LogP contribution in [0.5, 0.6) is 0 Å². The van der Waals surface area contributed by atoms with Gasteiger partial charge in [-0.2, -0.15) is 4.31 Å². The summed E-state index contributed by atoms with van der Waals surface area (Å²) < 4.78 is 30.7. The Bertz CT molecular complexity index is 616. The summed E-state index contributed by atoms with van der Waals surface area (Å²) in [5, 5.41) is 19.9. The van der Waals surface area contributed by atoms with E-state index in [0.717, 1.165) is 10.4 Å². The van der Waals surface area contributed by atoms with Crippen LogP contribution < -0.4 is 0 Å². The van der Waals surface area contributed by atoms with E-state index in [4.69, 9.17) is 16.3 Å². The van der Waals surface area contributed by atoms with Crippen molar-refractivity contribution in [2.24, 2.45) is 0 Å². The smallest absolute Gasteiger partial charge is 0.300 e.